The minimum absolute atomic E-state index is 0. The van der Waals surface area contributed by atoms with E-state index >= 15 is 0 Å². The summed E-state index contributed by atoms with van der Waals surface area (Å²) in [6.07, 6.45) is 5.95. The monoisotopic (exact) mass is 347 g/mol. The fourth-order valence-electron chi connectivity index (χ4n) is 4.37. The molecule has 24 heavy (non-hydrogen) atoms. The minimum Gasteiger partial charge on any atom is -1.00 e. The largest absolute Gasteiger partial charge is 1.00 e. The molecule has 5 nitrogen and oxygen atoms in total. The first-order chi connectivity index (χ1) is 11.1. The maximum absolute atomic E-state index is 12.7. The Hall–Kier alpha value is -1.59. The van der Waals surface area contributed by atoms with E-state index in [0.717, 1.165) is 23.7 Å². The van der Waals surface area contributed by atoms with Crippen molar-refractivity contribution in [2.45, 2.75) is 50.2 Å². The Labute approximate surface area is 148 Å². The maximum atomic E-state index is 12.7. The van der Waals surface area contributed by atoms with Crippen LogP contribution in [0.5, 0.6) is 0 Å². The molecule has 2 fully saturated rings. The van der Waals surface area contributed by atoms with Crippen LogP contribution in [0.2, 0.25) is 0 Å². The van der Waals surface area contributed by atoms with Crippen molar-refractivity contribution in [2.24, 2.45) is 7.05 Å². The smallest absolute Gasteiger partial charge is 0.272 e. The minimum atomic E-state index is -0.0329. The van der Waals surface area contributed by atoms with E-state index in [-0.39, 0.29) is 24.4 Å². The Bertz CT molecular complexity index is 730. The van der Waals surface area contributed by atoms with Gasteiger partial charge in [-0.05, 0) is 38.8 Å². The van der Waals surface area contributed by atoms with Gasteiger partial charge in [0, 0.05) is 30.6 Å². The fourth-order valence-corrected chi connectivity index (χ4v) is 4.37. The summed E-state index contributed by atoms with van der Waals surface area (Å²) in [5.74, 6) is -0.0329. The van der Waals surface area contributed by atoms with Gasteiger partial charge < -0.3 is 22.6 Å². The van der Waals surface area contributed by atoms with Crippen LogP contribution < -0.4 is 17.7 Å². The molecular formula is C18H24ClN4O-. The van der Waals surface area contributed by atoms with Gasteiger partial charge >= 0.3 is 0 Å². The number of aryl methyl sites for hydroxylation is 1. The zero-order valence-electron chi connectivity index (χ0n) is 14.2. The number of nitrogens with one attached hydrogen (secondary N) is 1. The van der Waals surface area contributed by atoms with Crippen molar-refractivity contribution < 1.29 is 17.2 Å². The molecule has 0 aliphatic carbocycles. The average molecular weight is 348 g/mol. The first-order valence-corrected chi connectivity index (χ1v) is 8.58. The van der Waals surface area contributed by atoms with Crippen LogP contribution in [-0.4, -0.2) is 45.8 Å². The van der Waals surface area contributed by atoms with Gasteiger partial charge in [-0.2, -0.15) is 5.10 Å². The van der Waals surface area contributed by atoms with Crippen LogP contribution in [0.25, 0.3) is 10.9 Å². The third-order valence-electron chi connectivity index (χ3n) is 5.65. The van der Waals surface area contributed by atoms with Crippen molar-refractivity contribution in [2.75, 3.05) is 7.05 Å². The molecule has 1 amide bonds. The lowest BCUT2D eigenvalue weighted by atomic mass is 9.82. The average Bonchev–Trinajstić information content (AvgIpc) is 2.86. The van der Waals surface area contributed by atoms with Gasteiger partial charge in [-0.15, -0.1) is 0 Å². The van der Waals surface area contributed by atoms with Gasteiger partial charge in [-0.25, -0.2) is 0 Å². The second kappa shape index (κ2) is 6.73. The number of carbonyl (C=O) groups excluding carboxylic acids is 1. The summed E-state index contributed by atoms with van der Waals surface area (Å²) in [5, 5.41) is 8.62. The molecule has 1 aromatic heterocycles. The highest BCUT2D eigenvalue weighted by atomic mass is 35.5. The molecule has 1 aromatic carbocycles. The molecule has 2 bridgehead atoms. The lowest BCUT2D eigenvalue weighted by molar-refractivity contribution is -0.0000164. The van der Waals surface area contributed by atoms with Crippen LogP contribution in [0.15, 0.2) is 24.3 Å². The van der Waals surface area contributed by atoms with E-state index in [4.69, 9.17) is 0 Å². The normalized spacial score (nSPS) is 26.8. The van der Waals surface area contributed by atoms with Gasteiger partial charge in [-0.1, -0.05) is 24.6 Å². The quantitative estimate of drug-likeness (QED) is 0.783. The maximum Gasteiger partial charge on any atom is 0.272 e. The zero-order chi connectivity index (χ0) is 16.0. The number of nitrogens with zero attached hydrogens (tertiary/aromatic N) is 3. The van der Waals surface area contributed by atoms with Crippen LogP contribution in [0.3, 0.4) is 0 Å². The molecule has 2 aliphatic heterocycles. The third-order valence-corrected chi connectivity index (χ3v) is 5.65. The number of hydrogen-bond acceptors (Lipinski definition) is 3. The van der Waals surface area contributed by atoms with E-state index in [1.165, 1.54) is 19.3 Å². The second-order valence-corrected chi connectivity index (χ2v) is 7.04. The number of hydrogen-bond donors (Lipinski definition) is 1. The predicted molar refractivity (Wildman–Crippen MR) is 90.4 cm³/mol. The van der Waals surface area contributed by atoms with Gasteiger partial charge in [0.05, 0.1) is 5.52 Å². The van der Waals surface area contributed by atoms with E-state index in [2.05, 4.69) is 22.4 Å². The predicted octanol–water partition coefficient (Wildman–Crippen LogP) is -0.678. The van der Waals surface area contributed by atoms with Crippen LogP contribution >= 0.6 is 0 Å². The highest BCUT2D eigenvalue weighted by molar-refractivity contribution is 6.04. The number of amides is 1. The number of fused-ring (bicyclic) bond motifs is 3. The molecule has 0 radical (unpaired) electrons. The molecule has 3 atom stereocenters. The van der Waals surface area contributed by atoms with Crippen molar-refractivity contribution >= 4 is 16.8 Å². The SMILES string of the molecule is CN1[C@@H]2CCC[C@H]1CC(NC(=O)c1nn(C)c3ccccc13)C2.[Cl-]. The van der Waals surface area contributed by atoms with Gasteiger partial charge in [-0.3, -0.25) is 9.48 Å². The van der Waals surface area contributed by atoms with E-state index < -0.39 is 0 Å². The highest BCUT2D eigenvalue weighted by Crippen LogP contribution is 2.32. The molecule has 2 aliphatic rings. The second-order valence-electron chi connectivity index (χ2n) is 7.04. The van der Waals surface area contributed by atoms with Crippen molar-refractivity contribution in [3.05, 3.63) is 30.0 Å². The van der Waals surface area contributed by atoms with Crippen molar-refractivity contribution in [3.63, 3.8) is 0 Å². The van der Waals surface area contributed by atoms with Crippen molar-refractivity contribution in [1.82, 2.24) is 20.0 Å². The van der Waals surface area contributed by atoms with E-state index in [1.807, 2.05) is 31.3 Å². The third kappa shape index (κ3) is 2.91. The lowest BCUT2D eigenvalue weighted by Crippen LogP contribution is -3.00. The summed E-state index contributed by atoms with van der Waals surface area (Å²) < 4.78 is 1.79. The topological polar surface area (TPSA) is 50.2 Å². The van der Waals surface area contributed by atoms with Crippen LogP contribution in [0, 0.1) is 0 Å². The molecule has 6 heteroatoms. The van der Waals surface area contributed by atoms with Gasteiger partial charge in [0.1, 0.15) is 0 Å². The number of benzene rings is 1. The number of piperidine rings is 2. The Morgan fingerprint density at radius 3 is 2.54 bits per heavy atom. The first-order valence-electron chi connectivity index (χ1n) is 8.58. The van der Waals surface area contributed by atoms with Crippen molar-refractivity contribution in [3.8, 4) is 0 Å². The number of halogens is 1. The lowest BCUT2D eigenvalue weighted by Gasteiger charge is -2.47. The van der Waals surface area contributed by atoms with Gasteiger partial charge in [0.25, 0.3) is 5.91 Å². The van der Waals surface area contributed by atoms with Crippen LogP contribution in [0.4, 0.5) is 0 Å². The molecule has 130 valence electrons. The molecule has 0 saturated carbocycles. The fraction of sp³-hybridized carbons (Fsp3) is 0.556. The molecule has 1 N–H and O–H groups in total. The van der Waals surface area contributed by atoms with Crippen LogP contribution in [0.1, 0.15) is 42.6 Å². The Balaban J connectivity index is 0.00000169. The number of aromatic nitrogens is 2. The molecular weight excluding hydrogens is 324 g/mol. The Kier molecular flexibility index (Phi) is 4.83. The summed E-state index contributed by atoms with van der Waals surface area (Å²) in [6.45, 7) is 0. The number of para-hydroxylation sites is 1. The summed E-state index contributed by atoms with van der Waals surface area (Å²) in [5.41, 5.74) is 1.55. The summed E-state index contributed by atoms with van der Waals surface area (Å²) in [7, 11) is 4.12. The molecule has 4 rings (SSSR count). The number of rotatable bonds is 2. The van der Waals surface area contributed by atoms with Gasteiger partial charge in [0.2, 0.25) is 0 Å². The molecule has 2 aromatic rings. The van der Waals surface area contributed by atoms with E-state index in [9.17, 15) is 4.79 Å². The summed E-state index contributed by atoms with van der Waals surface area (Å²) in [6, 6.07) is 9.42. The zero-order valence-corrected chi connectivity index (χ0v) is 15.0. The summed E-state index contributed by atoms with van der Waals surface area (Å²) >= 11 is 0. The standard InChI is InChI=1S/C18H24N4O.ClH/c1-21-13-6-5-7-14(21)11-12(10-13)19-18(23)17-15-8-3-4-9-16(15)22(2)20-17;/h3-4,8-9,12-14H,5-7,10-11H2,1-2H3,(H,19,23);1H/p-1/t12?,13-,14+;. The first kappa shape index (κ1) is 17.2. The van der Waals surface area contributed by atoms with Gasteiger partial charge in [0.15, 0.2) is 5.69 Å². The van der Waals surface area contributed by atoms with Crippen molar-refractivity contribution in [1.29, 1.82) is 0 Å². The van der Waals surface area contributed by atoms with Crippen LogP contribution in [-0.2, 0) is 7.05 Å². The summed E-state index contributed by atoms with van der Waals surface area (Å²) in [4.78, 5) is 15.3. The molecule has 3 heterocycles. The highest BCUT2D eigenvalue weighted by Gasteiger charge is 2.36. The number of carbonyl (C=O) groups is 1. The molecule has 0 spiro atoms. The Morgan fingerprint density at radius 2 is 1.83 bits per heavy atom. The van der Waals surface area contributed by atoms with E-state index in [0.29, 0.717) is 17.8 Å². The molecule has 1 unspecified atom stereocenters. The van der Waals surface area contributed by atoms with E-state index in [1.54, 1.807) is 4.68 Å². The Morgan fingerprint density at radius 1 is 1.17 bits per heavy atom. The molecule has 2 saturated heterocycles.